The molecule has 0 aromatic heterocycles. The lowest BCUT2D eigenvalue weighted by atomic mass is 9.97. The van der Waals surface area contributed by atoms with Crippen LogP contribution in [0.15, 0.2) is 0 Å². The first-order chi connectivity index (χ1) is 10.8. The van der Waals surface area contributed by atoms with Crippen LogP contribution in [0.5, 0.6) is 0 Å². The number of hydrogen-bond acceptors (Lipinski definition) is 11. The summed E-state index contributed by atoms with van der Waals surface area (Å²) < 4.78 is 15.1. The zero-order chi connectivity index (χ0) is 17.3. The van der Waals surface area contributed by atoms with E-state index < -0.39 is 74.6 Å². The van der Waals surface area contributed by atoms with Gasteiger partial charge in [-0.3, -0.25) is 0 Å². The lowest BCUT2D eigenvalue weighted by Crippen LogP contribution is -2.64. The number of aliphatic hydroxyl groups is 8. The normalized spacial score (nSPS) is 51.7. The van der Waals surface area contributed by atoms with Gasteiger partial charge in [-0.05, 0) is 0 Å². The van der Waals surface area contributed by atoms with E-state index in [1.165, 1.54) is 0 Å². The van der Waals surface area contributed by atoms with E-state index in [1.54, 1.807) is 0 Å². The molecule has 2 fully saturated rings. The highest BCUT2D eigenvalue weighted by atomic mass is 16.7. The van der Waals surface area contributed by atoms with Crippen molar-refractivity contribution < 1.29 is 55.1 Å². The predicted octanol–water partition coefficient (Wildman–Crippen LogP) is -5.40. The van der Waals surface area contributed by atoms with Gasteiger partial charge >= 0.3 is 0 Å². The number of rotatable bonds is 4. The Balaban J connectivity index is 2.11. The van der Waals surface area contributed by atoms with Crippen molar-refractivity contribution in [3.05, 3.63) is 0 Å². The van der Waals surface area contributed by atoms with Gasteiger partial charge in [0.15, 0.2) is 12.6 Å². The molecule has 10 atom stereocenters. The molecule has 2 saturated heterocycles. The molecule has 136 valence electrons. The van der Waals surface area contributed by atoms with Crippen molar-refractivity contribution in [3.63, 3.8) is 0 Å². The molecule has 2 rings (SSSR count). The van der Waals surface area contributed by atoms with Gasteiger partial charge in [0, 0.05) is 0 Å². The standard InChI is InChI=1S/C12H22O11/c13-1-3-5(15)7(17)8(18)12(22-3)23-10-6(16)4(2-14)21-11(20)9(10)19/h3-20H,1-2H2/t3-,4-,5+,6+,7+,8-,9-,10+,11-,12-/m1/s1. The molecule has 23 heavy (non-hydrogen) atoms. The van der Waals surface area contributed by atoms with Crippen LogP contribution in [0.4, 0.5) is 0 Å². The molecule has 11 nitrogen and oxygen atoms in total. The Morgan fingerprint density at radius 2 is 1.22 bits per heavy atom. The Hall–Kier alpha value is -0.440. The Morgan fingerprint density at radius 1 is 0.652 bits per heavy atom. The average molecular weight is 342 g/mol. The van der Waals surface area contributed by atoms with Gasteiger partial charge in [0.25, 0.3) is 0 Å². The van der Waals surface area contributed by atoms with Crippen molar-refractivity contribution in [2.45, 2.75) is 61.4 Å². The fourth-order valence-electron chi connectivity index (χ4n) is 2.56. The molecule has 0 aliphatic carbocycles. The first kappa shape index (κ1) is 18.9. The molecule has 0 amide bonds. The zero-order valence-corrected chi connectivity index (χ0v) is 12.0. The van der Waals surface area contributed by atoms with Crippen molar-refractivity contribution in [1.29, 1.82) is 0 Å². The second-order valence-corrected chi connectivity index (χ2v) is 5.53. The van der Waals surface area contributed by atoms with E-state index >= 15 is 0 Å². The first-order valence-corrected chi connectivity index (χ1v) is 7.08. The predicted molar refractivity (Wildman–Crippen MR) is 68.6 cm³/mol. The van der Waals surface area contributed by atoms with Crippen LogP contribution in [0.25, 0.3) is 0 Å². The van der Waals surface area contributed by atoms with Crippen LogP contribution in [-0.4, -0.2) is 115 Å². The quantitative estimate of drug-likeness (QED) is 0.243. The summed E-state index contributed by atoms with van der Waals surface area (Å²) in [5.41, 5.74) is 0. The minimum absolute atomic E-state index is 0.667. The smallest absolute Gasteiger partial charge is 0.187 e. The van der Waals surface area contributed by atoms with Gasteiger partial charge in [0.05, 0.1) is 13.2 Å². The van der Waals surface area contributed by atoms with Crippen LogP contribution >= 0.6 is 0 Å². The highest BCUT2D eigenvalue weighted by Gasteiger charge is 2.50. The maximum absolute atomic E-state index is 10.00. The van der Waals surface area contributed by atoms with E-state index in [4.69, 9.17) is 24.4 Å². The summed E-state index contributed by atoms with van der Waals surface area (Å²) in [7, 11) is 0. The molecule has 0 radical (unpaired) electrons. The second-order valence-electron chi connectivity index (χ2n) is 5.53. The van der Waals surface area contributed by atoms with Crippen LogP contribution in [0.3, 0.4) is 0 Å². The number of hydrogen-bond donors (Lipinski definition) is 8. The van der Waals surface area contributed by atoms with Gasteiger partial charge < -0.3 is 55.1 Å². The number of aliphatic hydroxyl groups excluding tert-OH is 8. The molecular formula is C12H22O11. The van der Waals surface area contributed by atoms with Crippen LogP contribution in [0.1, 0.15) is 0 Å². The number of ether oxygens (including phenoxy) is 3. The maximum atomic E-state index is 10.00. The van der Waals surface area contributed by atoms with E-state index in [2.05, 4.69) is 0 Å². The average Bonchev–Trinajstić information content (AvgIpc) is 2.54. The van der Waals surface area contributed by atoms with Gasteiger partial charge in [-0.2, -0.15) is 0 Å². The third kappa shape index (κ3) is 3.65. The van der Waals surface area contributed by atoms with Crippen LogP contribution in [0.2, 0.25) is 0 Å². The molecule has 8 N–H and O–H groups in total. The van der Waals surface area contributed by atoms with E-state index in [-0.39, 0.29) is 0 Å². The summed E-state index contributed by atoms with van der Waals surface area (Å²) in [5.74, 6) is 0. The highest BCUT2D eigenvalue weighted by molar-refractivity contribution is 4.93. The van der Waals surface area contributed by atoms with E-state index in [0.717, 1.165) is 0 Å². The topological polar surface area (TPSA) is 190 Å². The van der Waals surface area contributed by atoms with E-state index in [0.29, 0.717) is 0 Å². The largest absolute Gasteiger partial charge is 0.394 e. The minimum atomic E-state index is -1.76. The van der Waals surface area contributed by atoms with Crippen molar-refractivity contribution >= 4 is 0 Å². The molecule has 2 heterocycles. The van der Waals surface area contributed by atoms with Crippen LogP contribution in [0, 0.1) is 0 Å². The molecule has 0 aromatic rings. The summed E-state index contributed by atoms with van der Waals surface area (Å²) >= 11 is 0. The van der Waals surface area contributed by atoms with Crippen LogP contribution < -0.4 is 0 Å². The third-order valence-corrected chi connectivity index (χ3v) is 3.98. The van der Waals surface area contributed by atoms with Gasteiger partial charge in [-0.1, -0.05) is 0 Å². The molecule has 0 spiro atoms. The summed E-state index contributed by atoms with van der Waals surface area (Å²) in [6.07, 6.45) is -15.7. The lowest BCUT2D eigenvalue weighted by molar-refractivity contribution is -0.355. The Morgan fingerprint density at radius 3 is 1.78 bits per heavy atom. The first-order valence-electron chi connectivity index (χ1n) is 7.08. The van der Waals surface area contributed by atoms with Gasteiger partial charge in [-0.15, -0.1) is 0 Å². The molecule has 0 bridgehead atoms. The molecule has 11 heteroatoms. The van der Waals surface area contributed by atoms with Gasteiger partial charge in [-0.25, -0.2) is 0 Å². The molecule has 0 aromatic carbocycles. The van der Waals surface area contributed by atoms with Crippen molar-refractivity contribution in [3.8, 4) is 0 Å². The minimum Gasteiger partial charge on any atom is -0.394 e. The zero-order valence-electron chi connectivity index (χ0n) is 12.0. The van der Waals surface area contributed by atoms with E-state index in [1.807, 2.05) is 0 Å². The Kier molecular flexibility index (Phi) is 6.27. The summed E-state index contributed by atoms with van der Waals surface area (Å²) in [4.78, 5) is 0. The SMILES string of the molecule is OC[C@H]1O[C@H](O[C@@H]2[C@@H](O)[C@H](O)O[C@H](CO)[C@@H]2O)[C@H](O)[C@@H](O)[C@H]1O. The van der Waals surface area contributed by atoms with E-state index in [9.17, 15) is 30.6 Å². The van der Waals surface area contributed by atoms with Gasteiger partial charge in [0.1, 0.15) is 48.8 Å². The molecule has 0 unspecified atom stereocenters. The second kappa shape index (κ2) is 7.63. The van der Waals surface area contributed by atoms with Gasteiger partial charge in [0.2, 0.25) is 0 Å². The molecular weight excluding hydrogens is 320 g/mol. The fraction of sp³-hybridized carbons (Fsp3) is 1.00. The summed E-state index contributed by atoms with van der Waals surface area (Å²) in [5, 5.41) is 76.8. The Labute approximate surface area is 130 Å². The third-order valence-electron chi connectivity index (χ3n) is 3.98. The summed E-state index contributed by atoms with van der Waals surface area (Å²) in [6.45, 7) is -1.34. The van der Waals surface area contributed by atoms with Crippen LogP contribution in [-0.2, 0) is 14.2 Å². The highest BCUT2D eigenvalue weighted by Crippen LogP contribution is 2.28. The molecule has 2 aliphatic heterocycles. The van der Waals surface area contributed by atoms with Crippen molar-refractivity contribution in [2.75, 3.05) is 13.2 Å². The van der Waals surface area contributed by atoms with Crippen molar-refractivity contribution in [1.82, 2.24) is 0 Å². The fourth-order valence-corrected chi connectivity index (χ4v) is 2.56. The maximum Gasteiger partial charge on any atom is 0.187 e. The molecule has 0 saturated carbocycles. The summed E-state index contributed by atoms with van der Waals surface area (Å²) in [6, 6.07) is 0. The monoisotopic (exact) mass is 342 g/mol. The molecule has 2 aliphatic rings. The van der Waals surface area contributed by atoms with Crippen molar-refractivity contribution in [2.24, 2.45) is 0 Å². The lowest BCUT2D eigenvalue weighted by Gasteiger charge is -2.45. The Bertz CT molecular complexity index is 380.